The molecule has 1 atom stereocenters. The largest absolute Gasteiger partial charge is 0.465 e. The van der Waals surface area contributed by atoms with Crippen molar-refractivity contribution in [1.82, 2.24) is 14.8 Å². The van der Waals surface area contributed by atoms with E-state index in [1.165, 1.54) is 18.1 Å². The fourth-order valence-corrected chi connectivity index (χ4v) is 2.32. The second-order valence-electron chi connectivity index (χ2n) is 3.31. The van der Waals surface area contributed by atoms with Crippen LogP contribution in [0.25, 0.3) is 0 Å². The van der Waals surface area contributed by atoms with Gasteiger partial charge in [0.1, 0.15) is 11.6 Å². The SMILES string of the molecule is CCCC(Sc1ncnn1C)C(=O)OCC. The molecule has 0 fully saturated rings. The van der Waals surface area contributed by atoms with E-state index in [2.05, 4.69) is 10.1 Å². The number of hydrogen-bond acceptors (Lipinski definition) is 5. The molecule has 0 spiro atoms. The predicted molar refractivity (Wildman–Crippen MR) is 62.2 cm³/mol. The molecule has 0 saturated carbocycles. The number of hydrogen-bond donors (Lipinski definition) is 0. The van der Waals surface area contributed by atoms with E-state index < -0.39 is 0 Å². The van der Waals surface area contributed by atoms with Gasteiger partial charge >= 0.3 is 5.97 Å². The summed E-state index contributed by atoms with van der Waals surface area (Å²) in [5.41, 5.74) is 0. The Labute approximate surface area is 99.6 Å². The molecule has 0 aliphatic rings. The first-order valence-electron chi connectivity index (χ1n) is 5.36. The number of carbonyl (C=O) groups is 1. The lowest BCUT2D eigenvalue weighted by atomic mass is 10.2. The second-order valence-corrected chi connectivity index (χ2v) is 4.48. The van der Waals surface area contributed by atoms with Gasteiger partial charge in [-0.05, 0) is 13.3 Å². The van der Waals surface area contributed by atoms with E-state index in [4.69, 9.17) is 4.74 Å². The van der Waals surface area contributed by atoms with Crippen LogP contribution in [-0.2, 0) is 16.6 Å². The van der Waals surface area contributed by atoms with Crippen molar-refractivity contribution in [3.8, 4) is 0 Å². The molecule has 0 aromatic carbocycles. The van der Waals surface area contributed by atoms with Crippen LogP contribution in [0, 0.1) is 0 Å². The van der Waals surface area contributed by atoms with Gasteiger partial charge in [-0.1, -0.05) is 25.1 Å². The van der Waals surface area contributed by atoms with Crippen molar-refractivity contribution in [1.29, 1.82) is 0 Å². The maximum Gasteiger partial charge on any atom is 0.319 e. The molecule has 0 amide bonds. The molecule has 0 aliphatic carbocycles. The minimum absolute atomic E-state index is 0.169. The molecule has 90 valence electrons. The zero-order valence-electron chi connectivity index (χ0n) is 9.84. The number of thioether (sulfide) groups is 1. The first kappa shape index (κ1) is 13.0. The summed E-state index contributed by atoms with van der Waals surface area (Å²) in [5.74, 6) is -0.169. The fourth-order valence-electron chi connectivity index (χ4n) is 1.24. The van der Waals surface area contributed by atoms with E-state index in [1.807, 2.05) is 20.9 Å². The molecule has 1 unspecified atom stereocenters. The van der Waals surface area contributed by atoms with Crippen molar-refractivity contribution in [2.45, 2.75) is 37.1 Å². The van der Waals surface area contributed by atoms with Crippen LogP contribution in [0.2, 0.25) is 0 Å². The minimum Gasteiger partial charge on any atom is -0.465 e. The third-order valence-corrected chi connectivity index (χ3v) is 3.31. The summed E-state index contributed by atoms with van der Waals surface area (Å²) in [6.45, 7) is 4.27. The summed E-state index contributed by atoms with van der Waals surface area (Å²) in [6.07, 6.45) is 3.21. The molecule has 0 saturated heterocycles. The number of aryl methyl sites for hydroxylation is 1. The molecule has 0 radical (unpaired) electrons. The Morgan fingerprint density at radius 3 is 2.88 bits per heavy atom. The highest BCUT2D eigenvalue weighted by molar-refractivity contribution is 8.00. The van der Waals surface area contributed by atoms with E-state index >= 15 is 0 Å². The molecule has 1 rings (SSSR count). The highest BCUT2D eigenvalue weighted by atomic mass is 32.2. The monoisotopic (exact) mass is 243 g/mol. The molecular weight excluding hydrogens is 226 g/mol. The van der Waals surface area contributed by atoms with Gasteiger partial charge in [0, 0.05) is 7.05 Å². The average Bonchev–Trinajstić information content (AvgIpc) is 2.64. The van der Waals surface area contributed by atoms with Gasteiger partial charge in [0.2, 0.25) is 0 Å². The Hall–Kier alpha value is -1.04. The maximum absolute atomic E-state index is 11.7. The van der Waals surface area contributed by atoms with Gasteiger partial charge in [-0.2, -0.15) is 5.10 Å². The van der Waals surface area contributed by atoms with Gasteiger partial charge < -0.3 is 4.74 Å². The van der Waals surface area contributed by atoms with Gasteiger partial charge in [0.25, 0.3) is 0 Å². The standard InChI is InChI=1S/C10H17N3O2S/c1-4-6-8(9(14)15-5-2)16-10-11-7-12-13(10)3/h7-8H,4-6H2,1-3H3. The number of rotatable bonds is 6. The lowest BCUT2D eigenvalue weighted by Gasteiger charge is -2.13. The molecule has 1 heterocycles. The highest BCUT2D eigenvalue weighted by Crippen LogP contribution is 2.24. The molecule has 0 bridgehead atoms. The Morgan fingerprint density at radius 1 is 1.62 bits per heavy atom. The van der Waals surface area contributed by atoms with Crippen LogP contribution in [-0.4, -0.2) is 32.6 Å². The molecule has 6 heteroatoms. The molecule has 1 aromatic heterocycles. The lowest BCUT2D eigenvalue weighted by Crippen LogP contribution is -2.20. The second kappa shape index (κ2) is 6.52. The fraction of sp³-hybridized carbons (Fsp3) is 0.700. The van der Waals surface area contributed by atoms with E-state index in [9.17, 15) is 4.79 Å². The number of carbonyl (C=O) groups excluding carboxylic acids is 1. The predicted octanol–water partition coefficient (Wildman–Crippen LogP) is 1.64. The van der Waals surface area contributed by atoms with Crippen LogP contribution in [0.15, 0.2) is 11.5 Å². The van der Waals surface area contributed by atoms with Crippen molar-refractivity contribution >= 4 is 17.7 Å². The lowest BCUT2D eigenvalue weighted by molar-refractivity contribution is -0.142. The summed E-state index contributed by atoms with van der Waals surface area (Å²) in [7, 11) is 1.81. The van der Waals surface area contributed by atoms with Crippen molar-refractivity contribution in [3.63, 3.8) is 0 Å². The number of esters is 1. The van der Waals surface area contributed by atoms with Crippen molar-refractivity contribution < 1.29 is 9.53 Å². The average molecular weight is 243 g/mol. The van der Waals surface area contributed by atoms with Crippen LogP contribution >= 0.6 is 11.8 Å². The molecule has 0 aliphatic heterocycles. The molecule has 1 aromatic rings. The third-order valence-electron chi connectivity index (χ3n) is 2.02. The number of aromatic nitrogens is 3. The topological polar surface area (TPSA) is 57.0 Å². The van der Waals surface area contributed by atoms with Crippen LogP contribution in [0.5, 0.6) is 0 Å². The Balaban J connectivity index is 2.64. The molecular formula is C10H17N3O2S. The summed E-state index contributed by atoms with van der Waals surface area (Å²) in [5, 5.41) is 4.52. The summed E-state index contributed by atoms with van der Waals surface area (Å²) < 4.78 is 6.69. The van der Waals surface area contributed by atoms with Gasteiger partial charge in [-0.15, -0.1) is 0 Å². The van der Waals surface area contributed by atoms with Crippen molar-refractivity contribution in [3.05, 3.63) is 6.33 Å². The van der Waals surface area contributed by atoms with Gasteiger partial charge in [0.15, 0.2) is 5.16 Å². The van der Waals surface area contributed by atoms with Crippen molar-refractivity contribution in [2.24, 2.45) is 7.05 Å². The van der Waals surface area contributed by atoms with E-state index in [1.54, 1.807) is 4.68 Å². The van der Waals surface area contributed by atoms with Crippen molar-refractivity contribution in [2.75, 3.05) is 6.61 Å². The first-order chi connectivity index (χ1) is 7.69. The number of ether oxygens (including phenoxy) is 1. The normalized spacial score (nSPS) is 12.4. The Bertz CT molecular complexity index is 341. The van der Waals surface area contributed by atoms with Crippen LogP contribution in [0.3, 0.4) is 0 Å². The smallest absolute Gasteiger partial charge is 0.319 e. The van der Waals surface area contributed by atoms with E-state index in [0.29, 0.717) is 6.61 Å². The zero-order chi connectivity index (χ0) is 12.0. The summed E-state index contributed by atoms with van der Waals surface area (Å²) >= 11 is 1.41. The third kappa shape index (κ3) is 3.52. The van der Waals surface area contributed by atoms with Crippen LogP contribution < -0.4 is 0 Å². The van der Waals surface area contributed by atoms with E-state index in [-0.39, 0.29) is 11.2 Å². The van der Waals surface area contributed by atoms with Crippen LogP contribution in [0.4, 0.5) is 0 Å². The van der Waals surface area contributed by atoms with E-state index in [0.717, 1.165) is 18.0 Å². The molecule has 0 N–H and O–H groups in total. The van der Waals surface area contributed by atoms with Gasteiger partial charge in [-0.3, -0.25) is 4.79 Å². The van der Waals surface area contributed by atoms with Gasteiger partial charge in [-0.25, -0.2) is 9.67 Å². The Kier molecular flexibility index (Phi) is 5.31. The number of nitrogens with zero attached hydrogens (tertiary/aromatic N) is 3. The maximum atomic E-state index is 11.7. The Morgan fingerprint density at radius 2 is 2.38 bits per heavy atom. The molecule has 5 nitrogen and oxygen atoms in total. The summed E-state index contributed by atoms with van der Waals surface area (Å²) in [4.78, 5) is 15.8. The zero-order valence-corrected chi connectivity index (χ0v) is 10.7. The van der Waals surface area contributed by atoms with Gasteiger partial charge in [0.05, 0.1) is 6.61 Å². The minimum atomic E-state index is -0.187. The molecule has 16 heavy (non-hydrogen) atoms. The van der Waals surface area contributed by atoms with Crippen LogP contribution in [0.1, 0.15) is 26.7 Å². The first-order valence-corrected chi connectivity index (χ1v) is 6.24. The highest BCUT2D eigenvalue weighted by Gasteiger charge is 2.22. The quantitative estimate of drug-likeness (QED) is 0.561. The summed E-state index contributed by atoms with van der Waals surface area (Å²) in [6, 6.07) is 0.